The van der Waals surface area contributed by atoms with Crippen LogP contribution >= 0.6 is 0 Å². The summed E-state index contributed by atoms with van der Waals surface area (Å²) in [6.07, 6.45) is 2.00. The van der Waals surface area contributed by atoms with Gasteiger partial charge in [0.05, 0.1) is 11.5 Å². The highest BCUT2D eigenvalue weighted by atomic mass is 19.1. The summed E-state index contributed by atoms with van der Waals surface area (Å²) in [5.74, 6) is -2.78. The predicted octanol–water partition coefficient (Wildman–Crippen LogP) is 2.70. The maximum Gasteiger partial charge on any atom is 0.311 e. The van der Waals surface area contributed by atoms with Crippen molar-refractivity contribution < 1.29 is 23.5 Å². The average Bonchev–Trinajstić information content (AvgIpc) is 2.68. The molecule has 2 amide bonds. The van der Waals surface area contributed by atoms with E-state index in [1.54, 1.807) is 24.3 Å². The fourth-order valence-corrected chi connectivity index (χ4v) is 2.69. The lowest BCUT2D eigenvalue weighted by molar-refractivity contribution is -0.134. The molecule has 29 heavy (non-hydrogen) atoms. The first-order valence-electron chi connectivity index (χ1n) is 9.26. The van der Waals surface area contributed by atoms with Crippen LogP contribution in [-0.2, 0) is 9.59 Å². The van der Waals surface area contributed by atoms with Crippen LogP contribution in [0.5, 0.6) is 5.75 Å². The Morgan fingerprint density at radius 1 is 1.14 bits per heavy atom. The molecule has 0 aromatic heterocycles. The molecule has 2 aromatic carbocycles. The summed E-state index contributed by atoms with van der Waals surface area (Å²) in [5.41, 5.74) is 11.3. The van der Waals surface area contributed by atoms with E-state index >= 15 is 0 Å². The molecule has 0 aliphatic heterocycles. The van der Waals surface area contributed by atoms with Gasteiger partial charge in [-0.25, -0.2) is 4.39 Å². The zero-order chi connectivity index (χ0) is 21.4. The van der Waals surface area contributed by atoms with Crippen LogP contribution in [0.15, 0.2) is 42.5 Å². The minimum absolute atomic E-state index is 0.0172. The van der Waals surface area contributed by atoms with Gasteiger partial charge in [-0.15, -0.1) is 0 Å². The third-order valence-electron chi connectivity index (χ3n) is 4.30. The minimum Gasteiger partial charge on any atom is -0.427 e. The molecule has 2 rings (SSSR count). The lowest BCUT2D eigenvalue weighted by atomic mass is 9.98. The molecule has 7 nitrogen and oxygen atoms in total. The van der Waals surface area contributed by atoms with Crippen LogP contribution in [0.25, 0.3) is 0 Å². The molecular weight excluding hydrogens is 377 g/mol. The third-order valence-corrected chi connectivity index (χ3v) is 4.30. The van der Waals surface area contributed by atoms with Gasteiger partial charge in [-0.1, -0.05) is 25.5 Å². The Kier molecular flexibility index (Phi) is 7.85. The zero-order valence-electron chi connectivity index (χ0n) is 16.1. The number of ether oxygens (including phenoxy) is 1. The molecule has 0 radical (unpaired) electrons. The summed E-state index contributed by atoms with van der Waals surface area (Å²) in [4.78, 5) is 35.3. The van der Waals surface area contributed by atoms with Gasteiger partial charge in [0.25, 0.3) is 5.91 Å². The topological polar surface area (TPSA) is 125 Å². The smallest absolute Gasteiger partial charge is 0.311 e. The van der Waals surface area contributed by atoms with Gasteiger partial charge in [0.2, 0.25) is 5.91 Å². The highest BCUT2D eigenvalue weighted by Gasteiger charge is 2.20. The summed E-state index contributed by atoms with van der Waals surface area (Å²) in [7, 11) is 0. The number of primary amides is 1. The normalized spacial score (nSPS) is 11.6. The van der Waals surface area contributed by atoms with Crippen LogP contribution in [0.2, 0.25) is 0 Å². The molecule has 0 saturated heterocycles. The van der Waals surface area contributed by atoms with Crippen LogP contribution in [0.4, 0.5) is 10.1 Å². The van der Waals surface area contributed by atoms with Gasteiger partial charge in [-0.05, 0) is 42.3 Å². The molecule has 0 aliphatic rings. The Hall–Kier alpha value is -3.26. The fourth-order valence-electron chi connectivity index (χ4n) is 2.69. The number of halogens is 1. The van der Waals surface area contributed by atoms with Crippen LogP contribution in [-0.4, -0.2) is 24.3 Å². The highest BCUT2D eigenvalue weighted by Crippen LogP contribution is 2.22. The van der Waals surface area contributed by atoms with E-state index < -0.39 is 23.5 Å². The van der Waals surface area contributed by atoms with Crippen molar-refractivity contribution in [3.05, 3.63) is 59.4 Å². The van der Waals surface area contributed by atoms with Gasteiger partial charge < -0.3 is 21.5 Å². The van der Waals surface area contributed by atoms with E-state index in [2.05, 4.69) is 5.32 Å². The molecule has 0 saturated carbocycles. The number of carbonyl (C=O) groups is 3. The number of nitrogens with two attached hydrogens (primary N) is 2. The fraction of sp³-hybridized carbons (Fsp3) is 0.286. The van der Waals surface area contributed by atoms with Crippen LogP contribution < -0.4 is 21.5 Å². The molecule has 1 unspecified atom stereocenters. The predicted molar refractivity (Wildman–Crippen MR) is 107 cm³/mol. The first kappa shape index (κ1) is 22.0. The van der Waals surface area contributed by atoms with Crippen LogP contribution in [0.1, 0.15) is 48.0 Å². The van der Waals surface area contributed by atoms with Crippen molar-refractivity contribution in [2.45, 2.75) is 32.1 Å². The molecular formula is C21H24FN3O4. The molecule has 0 bridgehead atoms. The first-order chi connectivity index (χ1) is 13.8. The Labute approximate surface area is 168 Å². The second-order valence-corrected chi connectivity index (χ2v) is 6.48. The number of rotatable bonds is 9. The molecule has 8 heteroatoms. The summed E-state index contributed by atoms with van der Waals surface area (Å²) >= 11 is 0. The number of carbonyl (C=O) groups excluding carboxylic acids is 3. The average molecular weight is 401 g/mol. The van der Waals surface area contributed by atoms with E-state index in [0.29, 0.717) is 17.7 Å². The standard InChI is InChI=1S/C21H24FN3O4/c1-2-3-4-19(26)29-15-8-5-13(6-9-15)17(12-23)21(28)25-14-7-10-16(20(24)27)18(22)11-14/h5-11,17H,2-4,12,23H2,1H3,(H2,24,27)(H,25,28). The monoisotopic (exact) mass is 401 g/mol. The maximum absolute atomic E-state index is 13.9. The van der Waals surface area contributed by atoms with E-state index in [-0.39, 0.29) is 23.8 Å². The van der Waals surface area contributed by atoms with Gasteiger partial charge in [-0.2, -0.15) is 0 Å². The SMILES string of the molecule is CCCCC(=O)Oc1ccc(C(CN)C(=O)Nc2ccc(C(N)=O)c(F)c2)cc1. The largest absolute Gasteiger partial charge is 0.427 e. The summed E-state index contributed by atoms with van der Waals surface area (Å²) in [6.45, 7) is 2.00. The van der Waals surface area contributed by atoms with Crippen molar-refractivity contribution in [2.24, 2.45) is 11.5 Å². The molecule has 0 aliphatic carbocycles. The van der Waals surface area contributed by atoms with Crippen molar-refractivity contribution in [3.8, 4) is 5.75 Å². The lowest BCUT2D eigenvalue weighted by Gasteiger charge is -2.16. The first-order valence-corrected chi connectivity index (χ1v) is 9.26. The van der Waals surface area contributed by atoms with Crippen molar-refractivity contribution in [3.63, 3.8) is 0 Å². The maximum atomic E-state index is 13.9. The second-order valence-electron chi connectivity index (χ2n) is 6.48. The Balaban J connectivity index is 2.06. The van der Waals surface area contributed by atoms with Crippen molar-refractivity contribution >= 4 is 23.5 Å². The van der Waals surface area contributed by atoms with Gasteiger partial charge in [-0.3, -0.25) is 14.4 Å². The molecule has 0 spiro atoms. The summed E-state index contributed by atoms with van der Waals surface area (Å²) in [6, 6.07) is 10.1. The van der Waals surface area contributed by atoms with Crippen LogP contribution in [0, 0.1) is 5.82 Å². The molecule has 5 N–H and O–H groups in total. The Morgan fingerprint density at radius 2 is 1.83 bits per heavy atom. The zero-order valence-corrected chi connectivity index (χ0v) is 16.1. The number of hydrogen-bond acceptors (Lipinski definition) is 5. The van der Waals surface area contributed by atoms with Crippen molar-refractivity contribution in [1.82, 2.24) is 0 Å². The van der Waals surface area contributed by atoms with Gasteiger partial charge in [0.1, 0.15) is 11.6 Å². The number of esters is 1. The Morgan fingerprint density at radius 3 is 2.38 bits per heavy atom. The van der Waals surface area contributed by atoms with Gasteiger partial charge in [0.15, 0.2) is 0 Å². The number of amides is 2. The van der Waals surface area contributed by atoms with E-state index in [0.717, 1.165) is 18.9 Å². The number of hydrogen-bond donors (Lipinski definition) is 3. The number of benzene rings is 2. The van der Waals surface area contributed by atoms with Crippen LogP contribution in [0.3, 0.4) is 0 Å². The molecule has 0 fully saturated rings. The quantitative estimate of drug-likeness (QED) is 0.440. The van der Waals surface area contributed by atoms with Gasteiger partial charge >= 0.3 is 5.97 Å². The van der Waals surface area contributed by atoms with E-state index in [1.807, 2.05) is 6.92 Å². The Bertz CT molecular complexity index is 884. The van der Waals surface area contributed by atoms with E-state index in [4.69, 9.17) is 16.2 Å². The van der Waals surface area contributed by atoms with Crippen molar-refractivity contribution in [1.29, 1.82) is 0 Å². The number of nitrogens with one attached hydrogen (secondary N) is 1. The summed E-state index contributed by atoms with van der Waals surface area (Å²) in [5, 5.41) is 2.57. The van der Waals surface area contributed by atoms with E-state index in [9.17, 15) is 18.8 Å². The van der Waals surface area contributed by atoms with E-state index in [1.165, 1.54) is 12.1 Å². The molecule has 2 aromatic rings. The number of anilines is 1. The molecule has 0 heterocycles. The third kappa shape index (κ3) is 6.11. The second kappa shape index (κ2) is 10.3. The summed E-state index contributed by atoms with van der Waals surface area (Å²) < 4.78 is 19.1. The molecule has 154 valence electrons. The minimum atomic E-state index is -0.893. The highest BCUT2D eigenvalue weighted by molar-refractivity contribution is 5.97. The lowest BCUT2D eigenvalue weighted by Crippen LogP contribution is -2.27. The molecule has 1 atom stereocenters. The van der Waals surface area contributed by atoms with Gasteiger partial charge in [0, 0.05) is 18.7 Å². The number of unbranched alkanes of at least 4 members (excludes halogenated alkanes) is 1. The van der Waals surface area contributed by atoms with Crippen molar-refractivity contribution in [2.75, 3.05) is 11.9 Å².